The number of carboxylic acid groups (broad SMARTS) is 1. The van der Waals surface area contributed by atoms with Gasteiger partial charge in [0.2, 0.25) is 15.9 Å². The van der Waals surface area contributed by atoms with Gasteiger partial charge in [-0.25, -0.2) is 17.9 Å². The molecule has 3 aromatic rings. The van der Waals surface area contributed by atoms with Crippen LogP contribution in [0.2, 0.25) is 0 Å². The van der Waals surface area contributed by atoms with Gasteiger partial charge in [0, 0.05) is 13.0 Å². The Hall–Kier alpha value is -4.42. The van der Waals surface area contributed by atoms with E-state index in [1.165, 1.54) is 11.0 Å². The molecule has 12 heteroatoms. The van der Waals surface area contributed by atoms with Gasteiger partial charge in [0.1, 0.15) is 5.75 Å². The van der Waals surface area contributed by atoms with E-state index in [1.807, 2.05) is 35.1 Å². The smallest absolute Gasteiger partial charge is 0.407 e. The summed E-state index contributed by atoms with van der Waals surface area (Å²) < 4.78 is 33.0. The zero-order valence-electron chi connectivity index (χ0n) is 24.9. The monoisotopic (exact) mass is 637 g/mol. The highest BCUT2D eigenvalue weighted by molar-refractivity contribution is 7.90. The maximum absolute atomic E-state index is 13.0. The van der Waals surface area contributed by atoms with Crippen LogP contribution in [-0.2, 0) is 21.2 Å². The van der Waals surface area contributed by atoms with Gasteiger partial charge >= 0.3 is 6.09 Å². The summed E-state index contributed by atoms with van der Waals surface area (Å²) in [6.45, 7) is 0.150. The fourth-order valence-electron chi connectivity index (χ4n) is 5.21. The number of sulfonamides is 1. The molecule has 4 rings (SSSR count). The van der Waals surface area contributed by atoms with Crippen LogP contribution in [0.25, 0.3) is 11.1 Å². The molecule has 3 aromatic carbocycles. The highest BCUT2D eigenvalue weighted by Crippen LogP contribution is 2.31. The number of benzene rings is 3. The number of ether oxygens (including phenoxy) is 1. The highest BCUT2D eigenvalue weighted by atomic mass is 32.2. The normalized spacial score (nSPS) is 14.3. The maximum atomic E-state index is 13.0. The van der Waals surface area contributed by atoms with Crippen LogP contribution in [0.15, 0.2) is 72.8 Å². The Kier molecular flexibility index (Phi) is 11.6. The minimum atomic E-state index is -4.09. The Morgan fingerprint density at radius 3 is 2.27 bits per heavy atom. The van der Waals surface area contributed by atoms with Gasteiger partial charge < -0.3 is 25.6 Å². The number of carbonyl (C=O) groups excluding carboxylic acids is 2. The summed E-state index contributed by atoms with van der Waals surface area (Å²) in [5.74, 6) is -1.98. The van der Waals surface area contributed by atoms with Crippen molar-refractivity contribution in [2.24, 2.45) is 5.73 Å². The van der Waals surface area contributed by atoms with E-state index < -0.39 is 46.2 Å². The fraction of sp³-hybridized carbons (Fsp3) is 0.364. The van der Waals surface area contributed by atoms with Crippen molar-refractivity contribution in [2.45, 2.75) is 57.2 Å². The van der Waals surface area contributed by atoms with Crippen LogP contribution < -0.4 is 15.2 Å². The first-order valence-electron chi connectivity index (χ1n) is 14.9. The SMILES string of the molecule is NC(=O)CCS(=O)(=O)NC(=O)c1ccc(-c2ccc(CCN(C[C@H](O)c3ccccc3)C(=O)O)cc2)cc1OC1CCCCC1. The lowest BCUT2D eigenvalue weighted by Gasteiger charge is -2.24. The first kappa shape index (κ1) is 33.5. The molecule has 0 aromatic heterocycles. The zero-order valence-corrected chi connectivity index (χ0v) is 25.7. The molecule has 1 aliphatic carbocycles. The summed E-state index contributed by atoms with van der Waals surface area (Å²) in [7, 11) is -4.09. The molecule has 240 valence electrons. The number of amides is 3. The molecule has 1 atom stereocenters. The maximum Gasteiger partial charge on any atom is 0.407 e. The van der Waals surface area contributed by atoms with Crippen LogP contribution in [0, 0.1) is 0 Å². The second kappa shape index (κ2) is 15.5. The van der Waals surface area contributed by atoms with E-state index in [4.69, 9.17) is 10.5 Å². The predicted molar refractivity (Wildman–Crippen MR) is 169 cm³/mol. The quantitative estimate of drug-likeness (QED) is 0.203. The summed E-state index contributed by atoms with van der Waals surface area (Å²) in [5.41, 5.74) is 8.24. The molecular weight excluding hydrogens is 598 g/mol. The van der Waals surface area contributed by atoms with Crippen LogP contribution in [0.4, 0.5) is 4.79 Å². The van der Waals surface area contributed by atoms with Crippen molar-refractivity contribution in [3.05, 3.63) is 89.5 Å². The van der Waals surface area contributed by atoms with Gasteiger partial charge in [0.15, 0.2) is 0 Å². The van der Waals surface area contributed by atoms with Gasteiger partial charge in [-0.15, -0.1) is 0 Å². The molecule has 0 unspecified atom stereocenters. The van der Waals surface area contributed by atoms with Gasteiger partial charge in [-0.2, -0.15) is 0 Å². The summed E-state index contributed by atoms with van der Waals surface area (Å²) in [4.78, 5) is 37.1. The van der Waals surface area contributed by atoms with E-state index in [0.29, 0.717) is 12.0 Å². The Labute approximate surface area is 263 Å². The number of carbonyl (C=O) groups is 3. The van der Waals surface area contributed by atoms with E-state index in [9.17, 15) is 33.0 Å². The number of primary amides is 1. The number of hydrogen-bond acceptors (Lipinski definition) is 7. The summed E-state index contributed by atoms with van der Waals surface area (Å²) in [6.07, 6.45) is 2.63. The molecule has 5 N–H and O–H groups in total. The number of nitrogens with two attached hydrogens (primary N) is 1. The molecule has 3 amide bonds. The number of aliphatic hydroxyl groups excluding tert-OH is 1. The molecule has 0 bridgehead atoms. The van der Waals surface area contributed by atoms with Gasteiger partial charge in [0.25, 0.3) is 5.91 Å². The van der Waals surface area contributed by atoms with Crippen LogP contribution in [-0.4, -0.2) is 66.4 Å². The largest absolute Gasteiger partial charge is 0.490 e. The van der Waals surface area contributed by atoms with Gasteiger partial charge in [-0.05, 0) is 66.5 Å². The molecule has 0 aliphatic heterocycles. The molecule has 11 nitrogen and oxygen atoms in total. The lowest BCUT2D eigenvalue weighted by atomic mass is 9.97. The number of hydrogen-bond donors (Lipinski definition) is 4. The predicted octanol–water partition coefficient (Wildman–Crippen LogP) is 4.26. The molecule has 1 fully saturated rings. The minimum absolute atomic E-state index is 0.0480. The van der Waals surface area contributed by atoms with E-state index in [1.54, 1.807) is 36.4 Å². The van der Waals surface area contributed by atoms with E-state index in [-0.39, 0.29) is 30.5 Å². The molecular formula is C33H39N3O8S. The summed E-state index contributed by atoms with van der Waals surface area (Å²) in [6, 6.07) is 21.4. The fourth-order valence-corrected chi connectivity index (χ4v) is 6.18. The van der Waals surface area contributed by atoms with Crippen molar-refractivity contribution in [2.75, 3.05) is 18.8 Å². The Bertz CT molecular complexity index is 1570. The number of nitrogens with zero attached hydrogens (tertiary/aromatic N) is 1. The molecule has 45 heavy (non-hydrogen) atoms. The standard InChI is InChI=1S/C33H39N3O8S/c34-31(38)18-20-45(42,43)35-32(39)28-16-15-26(21-30(28)44-27-9-5-2-6-10-27)24-13-11-23(12-14-24)17-19-36(33(40)41)22-29(37)25-7-3-1-4-8-25/h1,3-4,7-8,11-16,21,27,29,37H,2,5-6,9-10,17-20,22H2,(H2,34,38)(H,35,39)(H,40,41)/t29-/m0/s1. The van der Waals surface area contributed by atoms with E-state index >= 15 is 0 Å². The van der Waals surface area contributed by atoms with Crippen molar-refractivity contribution >= 4 is 27.9 Å². The molecule has 0 saturated heterocycles. The van der Waals surface area contributed by atoms with E-state index in [2.05, 4.69) is 0 Å². The first-order valence-corrected chi connectivity index (χ1v) is 16.6. The Balaban J connectivity index is 1.47. The van der Waals surface area contributed by atoms with Crippen LogP contribution in [0.3, 0.4) is 0 Å². The van der Waals surface area contributed by atoms with Gasteiger partial charge in [-0.3, -0.25) is 9.59 Å². The lowest BCUT2D eigenvalue weighted by molar-refractivity contribution is -0.117. The highest BCUT2D eigenvalue weighted by Gasteiger charge is 2.24. The number of aliphatic hydroxyl groups is 1. The van der Waals surface area contributed by atoms with Crippen LogP contribution in [0.5, 0.6) is 5.75 Å². The third kappa shape index (κ3) is 10.0. The molecule has 0 radical (unpaired) electrons. The third-order valence-electron chi connectivity index (χ3n) is 7.74. The van der Waals surface area contributed by atoms with Crippen molar-refractivity contribution in [3.63, 3.8) is 0 Å². The summed E-state index contributed by atoms with van der Waals surface area (Å²) >= 11 is 0. The zero-order chi connectivity index (χ0) is 32.4. The van der Waals surface area contributed by atoms with E-state index in [0.717, 1.165) is 48.8 Å². The van der Waals surface area contributed by atoms with Crippen LogP contribution >= 0.6 is 0 Å². The Morgan fingerprint density at radius 2 is 1.62 bits per heavy atom. The number of rotatable bonds is 14. The lowest BCUT2D eigenvalue weighted by Crippen LogP contribution is -2.35. The second-order valence-corrected chi connectivity index (χ2v) is 13.0. The van der Waals surface area contributed by atoms with Crippen molar-refractivity contribution in [1.82, 2.24) is 9.62 Å². The average Bonchev–Trinajstić information content (AvgIpc) is 3.03. The van der Waals surface area contributed by atoms with Crippen molar-refractivity contribution in [3.8, 4) is 16.9 Å². The molecule has 0 heterocycles. The first-order chi connectivity index (χ1) is 21.5. The Morgan fingerprint density at radius 1 is 0.956 bits per heavy atom. The second-order valence-electron chi connectivity index (χ2n) is 11.2. The van der Waals surface area contributed by atoms with Crippen molar-refractivity contribution < 1.29 is 37.8 Å². The third-order valence-corrected chi connectivity index (χ3v) is 8.98. The summed E-state index contributed by atoms with van der Waals surface area (Å²) in [5, 5.41) is 20.2. The van der Waals surface area contributed by atoms with Crippen LogP contribution in [0.1, 0.15) is 66.1 Å². The number of nitrogens with one attached hydrogen (secondary N) is 1. The molecule has 1 saturated carbocycles. The molecule has 0 spiro atoms. The topological polar surface area (TPSA) is 176 Å². The average molecular weight is 638 g/mol. The minimum Gasteiger partial charge on any atom is -0.490 e. The van der Waals surface area contributed by atoms with Gasteiger partial charge in [0.05, 0.1) is 30.1 Å². The van der Waals surface area contributed by atoms with Gasteiger partial charge in [-0.1, -0.05) is 67.1 Å². The van der Waals surface area contributed by atoms with Crippen molar-refractivity contribution in [1.29, 1.82) is 0 Å². The molecule has 1 aliphatic rings.